The van der Waals surface area contributed by atoms with Gasteiger partial charge in [0.15, 0.2) is 11.6 Å². The van der Waals surface area contributed by atoms with Crippen LogP contribution in [-0.4, -0.2) is 42.9 Å². The summed E-state index contributed by atoms with van der Waals surface area (Å²) in [6, 6.07) is 12.3. The molecule has 4 aromatic rings. The maximum atomic E-state index is 13.5. The number of rotatable bonds is 7. The highest BCUT2D eigenvalue weighted by atomic mass is 19.4. The Hall–Kier alpha value is -5.00. The zero-order chi connectivity index (χ0) is 25.5. The number of nitrogens with zero attached hydrogens (tertiary/aromatic N) is 5. The summed E-state index contributed by atoms with van der Waals surface area (Å²) in [4.78, 5) is 24.3. The predicted octanol–water partition coefficient (Wildman–Crippen LogP) is 4.51. The van der Waals surface area contributed by atoms with Gasteiger partial charge in [0.1, 0.15) is 12.0 Å². The van der Waals surface area contributed by atoms with E-state index in [1.807, 2.05) is 0 Å². The maximum absolute atomic E-state index is 13.5. The van der Waals surface area contributed by atoms with Gasteiger partial charge in [-0.3, -0.25) is 9.78 Å². The van der Waals surface area contributed by atoms with Crippen LogP contribution < -0.4 is 10.6 Å². The van der Waals surface area contributed by atoms with Crippen molar-refractivity contribution in [2.24, 2.45) is 0 Å². The first-order chi connectivity index (χ1) is 17.3. The van der Waals surface area contributed by atoms with Crippen molar-refractivity contribution in [1.29, 1.82) is 5.41 Å². The molecule has 0 atom stereocenters. The van der Waals surface area contributed by atoms with Gasteiger partial charge in [-0.2, -0.15) is 13.2 Å². The van der Waals surface area contributed by atoms with Gasteiger partial charge in [-0.15, -0.1) is 10.2 Å². The molecule has 0 fully saturated rings. The Bertz CT molecular complexity index is 1390. The predicted molar refractivity (Wildman–Crippen MR) is 126 cm³/mol. The van der Waals surface area contributed by atoms with Crippen molar-refractivity contribution < 1.29 is 18.0 Å². The monoisotopic (exact) mass is 490 g/mol. The molecule has 3 heterocycles. The molecule has 0 aliphatic heterocycles. The minimum atomic E-state index is -4.78. The fourth-order valence-corrected chi connectivity index (χ4v) is 3.02. The lowest BCUT2D eigenvalue weighted by Gasteiger charge is -2.14. The summed E-state index contributed by atoms with van der Waals surface area (Å²) in [5.41, 5.74) is 0.420. The van der Waals surface area contributed by atoms with Crippen LogP contribution in [0.5, 0.6) is 0 Å². The second kappa shape index (κ2) is 10.5. The summed E-state index contributed by atoms with van der Waals surface area (Å²) in [7, 11) is 0. The number of amides is 1. The summed E-state index contributed by atoms with van der Waals surface area (Å²) in [6.45, 7) is 0. The van der Waals surface area contributed by atoms with Gasteiger partial charge in [-0.05, 0) is 48.0 Å². The van der Waals surface area contributed by atoms with Gasteiger partial charge in [-0.1, -0.05) is 12.1 Å². The summed E-state index contributed by atoms with van der Waals surface area (Å²) in [5.74, 6) is -0.661. The van der Waals surface area contributed by atoms with E-state index >= 15 is 0 Å². The van der Waals surface area contributed by atoms with Gasteiger partial charge in [0.25, 0.3) is 5.91 Å². The van der Waals surface area contributed by atoms with Crippen molar-refractivity contribution in [3.8, 4) is 11.1 Å². The number of halogens is 3. The molecular formula is C24H17F3N8O. The van der Waals surface area contributed by atoms with Crippen LogP contribution in [0.1, 0.15) is 15.9 Å². The first-order valence-corrected chi connectivity index (χ1v) is 10.3. The fourth-order valence-electron chi connectivity index (χ4n) is 3.02. The van der Waals surface area contributed by atoms with Gasteiger partial charge < -0.3 is 16.0 Å². The first-order valence-electron chi connectivity index (χ1n) is 10.3. The second-order valence-corrected chi connectivity index (χ2v) is 7.30. The van der Waals surface area contributed by atoms with Crippen LogP contribution in [0.4, 0.5) is 24.8 Å². The van der Waals surface area contributed by atoms with Crippen molar-refractivity contribution in [3.63, 3.8) is 0 Å². The molecule has 0 unspecified atom stereocenters. The van der Waals surface area contributed by atoms with E-state index < -0.39 is 17.8 Å². The highest BCUT2D eigenvalue weighted by Crippen LogP contribution is 2.27. The third-order valence-corrected chi connectivity index (χ3v) is 4.75. The topological polar surface area (TPSA) is 129 Å². The number of hydrogen-bond acceptors (Lipinski definition) is 8. The molecule has 0 bridgehead atoms. The number of allylic oxidation sites excluding steroid dienone is 2. The maximum Gasteiger partial charge on any atom is 0.431 e. The lowest BCUT2D eigenvalue weighted by atomic mass is 10.1. The smallest absolute Gasteiger partial charge is 0.335 e. The molecule has 0 saturated heterocycles. The minimum absolute atomic E-state index is 0.0413. The van der Waals surface area contributed by atoms with E-state index in [1.165, 1.54) is 43.0 Å². The molecule has 3 N–H and O–H groups in total. The van der Waals surface area contributed by atoms with Crippen LogP contribution in [0.15, 0.2) is 91.4 Å². The molecule has 9 nitrogen and oxygen atoms in total. The number of carbonyl (C=O) groups is 1. The summed E-state index contributed by atoms with van der Waals surface area (Å²) in [6.07, 6.45) is 3.22. The number of pyridine rings is 1. The first kappa shape index (κ1) is 24.1. The van der Waals surface area contributed by atoms with Gasteiger partial charge in [-0.25, -0.2) is 9.97 Å². The van der Waals surface area contributed by atoms with E-state index in [2.05, 4.69) is 35.8 Å². The van der Waals surface area contributed by atoms with E-state index in [0.29, 0.717) is 11.6 Å². The number of benzene rings is 1. The second-order valence-electron chi connectivity index (χ2n) is 7.30. The number of anilines is 2. The van der Waals surface area contributed by atoms with Crippen molar-refractivity contribution in [2.45, 2.75) is 6.18 Å². The van der Waals surface area contributed by atoms with Crippen molar-refractivity contribution in [2.75, 3.05) is 10.6 Å². The fraction of sp³-hybridized carbons (Fsp3) is 0.0417. The Labute approximate surface area is 202 Å². The standard InChI is InChI=1S/C24H17F3N8O/c25-24(26,27)20(10-19(28)17-5-2-8-29-11-17)32-21-6-7-22(35-34-21)33-23(36)16-4-1-3-15(9-16)18-12-30-14-31-13-18/h1-14,28H,(H,32,34)(H,33,35,36)/b20-10-,28-19?. The average molecular weight is 490 g/mol. The lowest BCUT2D eigenvalue weighted by molar-refractivity contribution is -0.0901. The van der Waals surface area contributed by atoms with Gasteiger partial charge in [0.05, 0.1) is 5.71 Å². The lowest BCUT2D eigenvalue weighted by Crippen LogP contribution is -2.21. The van der Waals surface area contributed by atoms with E-state index in [1.54, 1.807) is 36.7 Å². The number of hydrogen-bond donors (Lipinski definition) is 3. The number of alkyl halides is 3. The SMILES string of the molecule is N=C(/C=C(\Nc1ccc(NC(=O)c2cccc(-c3cncnc3)c2)nn1)C(F)(F)F)c1cccnc1. The Kier molecular flexibility index (Phi) is 7.04. The largest absolute Gasteiger partial charge is 0.431 e. The van der Waals surface area contributed by atoms with Crippen LogP contribution in [0, 0.1) is 5.41 Å². The van der Waals surface area contributed by atoms with Crippen molar-refractivity contribution >= 4 is 23.3 Å². The Morgan fingerprint density at radius 1 is 0.833 bits per heavy atom. The zero-order valence-electron chi connectivity index (χ0n) is 18.4. The Balaban J connectivity index is 1.46. The molecule has 12 heteroatoms. The molecule has 36 heavy (non-hydrogen) atoms. The van der Waals surface area contributed by atoms with Gasteiger partial charge in [0.2, 0.25) is 0 Å². The third-order valence-electron chi connectivity index (χ3n) is 4.75. The zero-order valence-corrected chi connectivity index (χ0v) is 18.4. The molecule has 0 aliphatic carbocycles. The van der Waals surface area contributed by atoms with Crippen LogP contribution >= 0.6 is 0 Å². The Morgan fingerprint density at radius 3 is 2.17 bits per heavy atom. The van der Waals surface area contributed by atoms with E-state index in [9.17, 15) is 18.0 Å². The molecule has 0 saturated carbocycles. The molecule has 4 rings (SSSR count). The summed E-state index contributed by atoms with van der Waals surface area (Å²) >= 11 is 0. The van der Waals surface area contributed by atoms with Crippen LogP contribution in [-0.2, 0) is 0 Å². The Morgan fingerprint density at radius 2 is 1.53 bits per heavy atom. The van der Waals surface area contributed by atoms with Gasteiger partial charge in [0, 0.05) is 41.5 Å². The van der Waals surface area contributed by atoms with Crippen molar-refractivity contribution in [3.05, 3.63) is 103 Å². The summed E-state index contributed by atoms with van der Waals surface area (Å²) in [5, 5.41) is 20.1. The molecular weight excluding hydrogens is 473 g/mol. The minimum Gasteiger partial charge on any atom is -0.335 e. The highest BCUT2D eigenvalue weighted by Gasteiger charge is 2.34. The number of carbonyl (C=O) groups excluding carboxylic acids is 1. The molecule has 0 aliphatic rings. The van der Waals surface area contributed by atoms with Crippen LogP contribution in [0.3, 0.4) is 0 Å². The molecule has 0 spiro atoms. The van der Waals surface area contributed by atoms with Crippen molar-refractivity contribution in [1.82, 2.24) is 25.1 Å². The average Bonchev–Trinajstić information content (AvgIpc) is 2.90. The van der Waals surface area contributed by atoms with E-state index in [-0.39, 0.29) is 22.9 Å². The molecule has 3 aromatic heterocycles. The van der Waals surface area contributed by atoms with E-state index in [4.69, 9.17) is 5.41 Å². The quantitative estimate of drug-likeness (QED) is 0.325. The van der Waals surface area contributed by atoms with Crippen LogP contribution in [0.25, 0.3) is 11.1 Å². The third kappa shape index (κ3) is 6.11. The highest BCUT2D eigenvalue weighted by molar-refractivity contribution is 6.07. The molecule has 0 radical (unpaired) electrons. The van der Waals surface area contributed by atoms with Gasteiger partial charge >= 0.3 is 6.18 Å². The summed E-state index contributed by atoms with van der Waals surface area (Å²) < 4.78 is 40.6. The number of nitrogens with one attached hydrogen (secondary N) is 3. The molecule has 1 amide bonds. The van der Waals surface area contributed by atoms with E-state index in [0.717, 1.165) is 11.1 Å². The molecule has 180 valence electrons. The van der Waals surface area contributed by atoms with Crippen LogP contribution in [0.2, 0.25) is 0 Å². The molecule has 1 aromatic carbocycles. The normalized spacial score (nSPS) is 11.6. The number of aromatic nitrogens is 5.